The lowest BCUT2D eigenvalue weighted by atomic mass is 10.1. The minimum Gasteiger partial charge on any atom is -0.396 e. The third-order valence-electron chi connectivity index (χ3n) is 2.37. The SMILES string of the molecule is CCC(CCO)Nc1ncc(C)cc1N. The van der Waals surface area contributed by atoms with Crippen molar-refractivity contribution >= 4 is 11.5 Å². The molecule has 4 N–H and O–H groups in total. The van der Waals surface area contributed by atoms with E-state index in [1.165, 1.54) is 0 Å². The number of nitrogens with one attached hydrogen (secondary N) is 1. The van der Waals surface area contributed by atoms with Gasteiger partial charge in [-0.15, -0.1) is 0 Å². The minimum absolute atomic E-state index is 0.178. The fourth-order valence-electron chi connectivity index (χ4n) is 1.44. The van der Waals surface area contributed by atoms with Crippen LogP contribution in [0.25, 0.3) is 0 Å². The van der Waals surface area contributed by atoms with Crippen LogP contribution in [-0.4, -0.2) is 22.7 Å². The zero-order chi connectivity index (χ0) is 11.3. The summed E-state index contributed by atoms with van der Waals surface area (Å²) in [7, 11) is 0. The minimum atomic E-state index is 0.178. The normalized spacial score (nSPS) is 12.5. The van der Waals surface area contributed by atoms with Crippen molar-refractivity contribution in [2.24, 2.45) is 0 Å². The van der Waals surface area contributed by atoms with Gasteiger partial charge in [0.15, 0.2) is 0 Å². The van der Waals surface area contributed by atoms with Crippen molar-refractivity contribution in [1.82, 2.24) is 4.98 Å². The number of pyridine rings is 1. The molecule has 0 saturated heterocycles. The Kier molecular flexibility index (Phi) is 4.37. The number of nitrogens with two attached hydrogens (primary N) is 1. The summed E-state index contributed by atoms with van der Waals surface area (Å²) in [6.45, 7) is 4.20. The molecule has 1 heterocycles. The van der Waals surface area contributed by atoms with Crippen molar-refractivity contribution in [3.8, 4) is 0 Å². The molecule has 0 saturated carbocycles. The monoisotopic (exact) mass is 209 g/mol. The third-order valence-corrected chi connectivity index (χ3v) is 2.37. The maximum absolute atomic E-state index is 8.87. The van der Waals surface area contributed by atoms with Crippen LogP contribution in [0.2, 0.25) is 0 Å². The van der Waals surface area contributed by atoms with Gasteiger partial charge in [0.2, 0.25) is 0 Å². The van der Waals surface area contributed by atoms with Gasteiger partial charge in [0.25, 0.3) is 0 Å². The van der Waals surface area contributed by atoms with Gasteiger partial charge in [0.1, 0.15) is 5.82 Å². The first-order valence-corrected chi connectivity index (χ1v) is 5.27. The molecule has 1 aromatic heterocycles. The molecule has 4 nitrogen and oxygen atoms in total. The van der Waals surface area contributed by atoms with E-state index in [2.05, 4.69) is 17.2 Å². The van der Waals surface area contributed by atoms with E-state index in [0.29, 0.717) is 17.9 Å². The molecule has 0 amide bonds. The molecule has 15 heavy (non-hydrogen) atoms. The Morgan fingerprint density at radius 3 is 2.87 bits per heavy atom. The molecule has 0 spiro atoms. The standard InChI is InChI=1S/C11H19N3O/c1-3-9(4-5-15)14-11-10(12)6-8(2)7-13-11/h6-7,9,15H,3-5,12H2,1-2H3,(H,13,14). The summed E-state index contributed by atoms with van der Waals surface area (Å²) in [6.07, 6.45) is 3.44. The molecule has 0 fully saturated rings. The van der Waals surface area contributed by atoms with Crippen LogP contribution in [0.15, 0.2) is 12.3 Å². The fraction of sp³-hybridized carbons (Fsp3) is 0.545. The van der Waals surface area contributed by atoms with Gasteiger partial charge in [-0.1, -0.05) is 6.92 Å². The smallest absolute Gasteiger partial charge is 0.149 e. The Hall–Kier alpha value is -1.29. The van der Waals surface area contributed by atoms with Crippen LogP contribution in [0.3, 0.4) is 0 Å². The lowest BCUT2D eigenvalue weighted by Crippen LogP contribution is -2.21. The van der Waals surface area contributed by atoms with Crippen LogP contribution in [0.5, 0.6) is 0 Å². The fourth-order valence-corrected chi connectivity index (χ4v) is 1.44. The topological polar surface area (TPSA) is 71.2 Å². The molecule has 1 atom stereocenters. The van der Waals surface area contributed by atoms with E-state index in [-0.39, 0.29) is 12.6 Å². The summed E-state index contributed by atoms with van der Waals surface area (Å²) in [6, 6.07) is 2.12. The summed E-state index contributed by atoms with van der Waals surface area (Å²) in [5, 5.41) is 12.1. The third kappa shape index (κ3) is 3.40. The molecule has 1 aromatic rings. The zero-order valence-electron chi connectivity index (χ0n) is 9.33. The highest BCUT2D eigenvalue weighted by Crippen LogP contribution is 2.18. The zero-order valence-corrected chi connectivity index (χ0v) is 9.33. The van der Waals surface area contributed by atoms with E-state index in [4.69, 9.17) is 10.8 Å². The van der Waals surface area contributed by atoms with Gasteiger partial charge >= 0.3 is 0 Å². The molecule has 0 aliphatic rings. The molecule has 1 rings (SSSR count). The number of nitrogens with zero attached hydrogens (tertiary/aromatic N) is 1. The molecule has 0 bridgehead atoms. The number of nitrogen functional groups attached to an aromatic ring is 1. The number of aliphatic hydroxyl groups is 1. The van der Waals surface area contributed by atoms with E-state index >= 15 is 0 Å². The predicted molar refractivity (Wildman–Crippen MR) is 62.8 cm³/mol. The molecular weight excluding hydrogens is 190 g/mol. The number of hydrogen-bond acceptors (Lipinski definition) is 4. The van der Waals surface area contributed by atoms with Crippen LogP contribution in [-0.2, 0) is 0 Å². The second kappa shape index (κ2) is 5.56. The number of aryl methyl sites for hydroxylation is 1. The van der Waals surface area contributed by atoms with Crippen molar-refractivity contribution in [3.05, 3.63) is 17.8 Å². The Labute approximate surface area is 90.5 Å². The highest BCUT2D eigenvalue weighted by atomic mass is 16.3. The Balaban J connectivity index is 2.70. The summed E-state index contributed by atoms with van der Waals surface area (Å²) < 4.78 is 0. The summed E-state index contributed by atoms with van der Waals surface area (Å²) in [5.41, 5.74) is 7.54. The molecule has 0 radical (unpaired) electrons. The van der Waals surface area contributed by atoms with E-state index in [9.17, 15) is 0 Å². The predicted octanol–water partition coefficient (Wildman–Crippen LogP) is 1.55. The van der Waals surface area contributed by atoms with E-state index < -0.39 is 0 Å². The first kappa shape index (κ1) is 11.8. The van der Waals surface area contributed by atoms with Gasteiger partial charge in [-0.3, -0.25) is 0 Å². The maximum Gasteiger partial charge on any atom is 0.149 e. The number of aromatic nitrogens is 1. The molecule has 4 heteroatoms. The van der Waals surface area contributed by atoms with Crippen molar-refractivity contribution in [1.29, 1.82) is 0 Å². The highest BCUT2D eigenvalue weighted by molar-refractivity contribution is 5.61. The van der Waals surface area contributed by atoms with Crippen LogP contribution in [0.1, 0.15) is 25.3 Å². The quantitative estimate of drug-likeness (QED) is 0.688. The molecule has 0 aliphatic carbocycles. The van der Waals surface area contributed by atoms with E-state index in [1.54, 1.807) is 6.20 Å². The Morgan fingerprint density at radius 2 is 2.33 bits per heavy atom. The van der Waals surface area contributed by atoms with Crippen LogP contribution in [0.4, 0.5) is 11.5 Å². The molecule has 0 aromatic carbocycles. The van der Waals surface area contributed by atoms with E-state index in [0.717, 1.165) is 12.0 Å². The molecule has 84 valence electrons. The summed E-state index contributed by atoms with van der Waals surface area (Å²) >= 11 is 0. The Bertz CT molecular complexity index is 315. The van der Waals surface area contributed by atoms with Gasteiger partial charge in [-0.25, -0.2) is 4.98 Å². The second-order valence-corrected chi connectivity index (χ2v) is 3.71. The summed E-state index contributed by atoms with van der Waals surface area (Å²) in [5.74, 6) is 0.709. The average molecular weight is 209 g/mol. The van der Waals surface area contributed by atoms with E-state index in [1.807, 2.05) is 13.0 Å². The maximum atomic E-state index is 8.87. The van der Waals surface area contributed by atoms with Crippen LogP contribution >= 0.6 is 0 Å². The number of anilines is 2. The van der Waals surface area contributed by atoms with Crippen LogP contribution < -0.4 is 11.1 Å². The van der Waals surface area contributed by atoms with Crippen LogP contribution in [0, 0.1) is 6.92 Å². The largest absolute Gasteiger partial charge is 0.396 e. The first-order chi connectivity index (χ1) is 7.17. The number of hydrogen-bond donors (Lipinski definition) is 3. The number of aliphatic hydroxyl groups excluding tert-OH is 1. The van der Waals surface area contributed by atoms with Gasteiger partial charge in [-0.2, -0.15) is 0 Å². The molecular formula is C11H19N3O. The van der Waals surface area contributed by atoms with Gasteiger partial charge in [0.05, 0.1) is 5.69 Å². The van der Waals surface area contributed by atoms with Gasteiger partial charge in [-0.05, 0) is 31.4 Å². The molecule has 1 unspecified atom stereocenters. The van der Waals surface area contributed by atoms with Crippen molar-refractivity contribution in [2.75, 3.05) is 17.7 Å². The van der Waals surface area contributed by atoms with Gasteiger partial charge < -0.3 is 16.2 Å². The number of rotatable bonds is 5. The van der Waals surface area contributed by atoms with Crippen molar-refractivity contribution in [2.45, 2.75) is 32.7 Å². The lowest BCUT2D eigenvalue weighted by molar-refractivity contribution is 0.278. The molecule has 0 aliphatic heterocycles. The second-order valence-electron chi connectivity index (χ2n) is 3.71. The van der Waals surface area contributed by atoms with Gasteiger partial charge in [0, 0.05) is 18.8 Å². The highest BCUT2D eigenvalue weighted by Gasteiger charge is 2.08. The summed E-state index contributed by atoms with van der Waals surface area (Å²) in [4.78, 5) is 4.23. The van der Waals surface area contributed by atoms with Crippen molar-refractivity contribution < 1.29 is 5.11 Å². The lowest BCUT2D eigenvalue weighted by Gasteiger charge is -2.17. The van der Waals surface area contributed by atoms with Crippen molar-refractivity contribution in [3.63, 3.8) is 0 Å². The Morgan fingerprint density at radius 1 is 1.60 bits per heavy atom. The average Bonchev–Trinajstić information content (AvgIpc) is 2.21. The first-order valence-electron chi connectivity index (χ1n) is 5.27.